The number of nitrogens with zero attached hydrogens (tertiary/aromatic N) is 4. The molecule has 1 aromatic heterocycles. The zero-order valence-electron chi connectivity index (χ0n) is 22.6. The summed E-state index contributed by atoms with van der Waals surface area (Å²) in [4.78, 5) is 11.3. The second kappa shape index (κ2) is 17.4. The van der Waals surface area contributed by atoms with Gasteiger partial charge in [0, 0.05) is 37.1 Å². The van der Waals surface area contributed by atoms with Crippen LogP contribution in [0.4, 0.5) is 17.5 Å². The Labute approximate surface area is 262 Å². The molecule has 0 amide bonds. The van der Waals surface area contributed by atoms with Crippen LogP contribution in [0.5, 0.6) is 23.0 Å². The molecule has 0 aliphatic carbocycles. The first kappa shape index (κ1) is 31.1. The largest absolute Gasteiger partial charge is 1.00 e. The Morgan fingerprint density at radius 2 is 1.59 bits per heavy atom. The number of ether oxygens (including phenoxy) is 4. The Morgan fingerprint density at radius 1 is 0.919 bits per heavy atom. The normalized spacial score (nSPS) is 12.4. The van der Waals surface area contributed by atoms with Crippen LogP contribution in [0.2, 0.25) is 0 Å². The number of nitrogens with one attached hydrogen (secondary N) is 1. The number of likely N-dealkylation sites (N-methyl/N-ethyl adjacent to an activating group) is 1. The van der Waals surface area contributed by atoms with E-state index in [1.54, 1.807) is 34.6 Å². The average molecular weight is 534 g/mol. The third kappa shape index (κ3) is 9.95. The van der Waals surface area contributed by atoms with Crippen molar-refractivity contribution in [2.24, 2.45) is 0 Å². The predicted octanol–water partition coefficient (Wildman–Crippen LogP) is 2.31. The molecule has 4 rings (SSSR count). The van der Waals surface area contributed by atoms with Crippen molar-refractivity contribution in [2.75, 3.05) is 64.8 Å². The van der Waals surface area contributed by atoms with Crippen LogP contribution in [-0.2, 0) is 0 Å². The van der Waals surface area contributed by atoms with Gasteiger partial charge in [0.2, 0.25) is 11.7 Å². The Bertz CT molecular complexity index is 1030. The molecule has 0 atom stereocenters. The van der Waals surface area contributed by atoms with Crippen LogP contribution in [0.1, 0.15) is 19.3 Å². The van der Waals surface area contributed by atoms with Gasteiger partial charge >= 0.3 is 51.4 Å². The minimum absolute atomic E-state index is 0. The van der Waals surface area contributed by atoms with Gasteiger partial charge in [-0.3, -0.25) is 0 Å². The Morgan fingerprint density at radius 3 is 2.19 bits per heavy atom. The first-order valence-corrected chi connectivity index (χ1v) is 12.1. The zero-order valence-corrected chi connectivity index (χ0v) is 25.7. The van der Waals surface area contributed by atoms with Crippen molar-refractivity contribution >= 4 is 17.5 Å². The average Bonchev–Trinajstić information content (AvgIpc) is 2.94. The number of hydrogen-bond donors (Lipinski definition) is 1. The van der Waals surface area contributed by atoms with Gasteiger partial charge < -0.3 is 34.5 Å². The molecule has 0 radical (unpaired) electrons. The van der Waals surface area contributed by atoms with Crippen LogP contribution in [0.15, 0.2) is 54.7 Å². The summed E-state index contributed by atoms with van der Waals surface area (Å²) in [5.74, 6) is 4.12. The molecule has 2 aromatic carbocycles. The fourth-order valence-corrected chi connectivity index (χ4v) is 3.76. The number of aromatic nitrogens is 2. The third-order valence-corrected chi connectivity index (χ3v) is 5.57. The summed E-state index contributed by atoms with van der Waals surface area (Å²) in [6.45, 7) is 3.51. The molecule has 1 saturated heterocycles. The molecule has 37 heavy (non-hydrogen) atoms. The second-order valence-corrected chi connectivity index (χ2v) is 8.03. The monoisotopic (exact) mass is 533 g/mol. The molecule has 0 spiro atoms. The molecule has 0 saturated carbocycles. The Hall–Kier alpha value is -2.08. The maximum absolute atomic E-state index is 5.38. The first-order chi connectivity index (χ1) is 17.7. The molecule has 0 unspecified atom stereocenters. The molecule has 10 heteroatoms. The third-order valence-electron chi connectivity index (χ3n) is 5.57. The van der Waals surface area contributed by atoms with Crippen LogP contribution in [0, 0.1) is 0 Å². The summed E-state index contributed by atoms with van der Waals surface area (Å²) >= 11 is 0. The molecule has 1 N–H and O–H groups in total. The van der Waals surface area contributed by atoms with E-state index in [1.807, 2.05) is 48.5 Å². The molecule has 0 bridgehead atoms. The summed E-state index contributed by atoms with van der Waals surface area (Å²) in [6, 6.07) is 15.4. The van der Waals surface area contributed by atoms with Gasteiger partial charge in [-0.1, -0.05) is 18.2 Å². The molecule has 1 aliphatic rings. The van der Waals surface area contributed by atoms with Crippen molar-refractivity contribution in [3.8, 4) is 23.0 Å². The van der Waals surface area contributed by atoms with Gasteiger partial charge in [0.25, 0.3) is 0 Å². The standard InChI is InChI=1S/C18H24N4O3.C9H12NO.K/c1-23-14-11-13(12-15(24-2)17(14)25-3)20-18-19-8-7-16(21-18)22-9-5-4-6-10-22;1-10-7-8-11-9-5-3-2-4-6-9;/h7-8,11-12H,4-6,9-10H2,1-3H3,(H,19,20,21);2-6H,7-8H2,1H3;/q;-1;+1. The van der Waals surface area contributed by atoms with Crippen LogP contribution in [-0.4, -0.2) is 64.6 Å². The van der Waals surface area contributed by atoms with Crippen LogP contribution in [0.3, 0.4) is 0 Å². The maximum atomic E-state index is 5.38. The van der Waals surface area contributed by atoms with Gasteiger partial charge in [0.15, 0.2) is 11.5 Å². The molecular formula is C27H36KN5O4. The van der Waals surface area contributed by atoms with Crippen LogP contribution < -0.4 is 80.5 Å². The molecule has 3 aromatic rings. The van der Waals surface area contributed by atoms with E-state index in [9.17, 15) is 0 Å². The second-order valence-electron chi connectivity index (χ2n) is 8.03. The molecule has 1 aliphatic heterocycles. The van der Waals surface area contributed by atoms with E-state index in [0.717, 1.165) is 36.9 Å². The van der Waals surface area contributed by atoms with Crippen molar-refractivity contribution in [1.29, 1.82) is 0 Å². The van der Waals surface area contributed by atoms with E-state index in [0.29, 0.717) is 29.8 Å². The van der Waals surface area contributed by atoms with Crippen molar-refractivity contribution in [3.05, 3.63) is 60.0 Å². The minimum atomic E-state index is 0. The van der Waals surface area contributed by atoms with E-state index in [4.69, 9.17) is 18.9 Å². The number of methoxy groups -OCH3 is 3. The number of piperidine rings is 1. The van der Waals surface area contributed by atoms with Crippen LogP contribution >= 0.6 is 0 Å². The number of anilines is 3. The molecule has 9 nitrogen and oxygen atoms in total. The Balaban J connectivity index is 0.000000339. The van der Waals surface area contributed by atoms with E-state index in [2.05, 4.69) is 25.5 Å². The summed E-state index contributed by atoms with van der Waals surface area (Å²) in [5.41, 5.74) is 0.769. The fourth-order valence-electron chi connectivity index (χ4n) is 3.76. The Kier molecular flexibility index (Phi) is 14.7. The van der Waals surface area contributed by atoms with Gasteiger partial charge in [0.05, 0.1) is 27.9 Å². The van der Waals surface area contributed by atoms with E-state index in [1.165, 1.54) is 19.3 Å². The number of hydrogen-bond acceptors (Lipinski definition) is 8. The van der Waals surface area contributed by atoms with Gasteiger partial charge in [-0.15, -0.1) is 6.54 Å². The van der Waals surface area contributed by atoms with E-state index in [-0.39, 0.29) is 51.4 Å². The van der Waals surface area contributed by atoms with Crippen molar-refractivity contribution in [3.63, 3.8) is 0 Å². The van der Waals surface area contributed by atoms with Crippen molar-refractivity contribution in [1.82, 2.24) is 9.97 Å². The van der Waals surface area contributed by atoms with Crippen molar-refractivity contribution in [2.45, 2.75) is 19.3 Å². The number of rotatable bonds is 10. The molecule has 1 fully saturated rings. The van der Waals surface area contributed by atoms with Gasteiger partial charge in [0.1, 0.15) is 11.6 Å². The van der Waals surface area contributed by atoms with E-state index < -0.39 is 0 Å². The summed E-state index contributed by atoms with van der Waals surface area (Å²) in [6.07, 6.45) is 5.48. The van der Waals surface area contributed by atoms with E-state index >= 15 is 0 Å². The van der Waals surface area contributed by atoms with Gasteiger partial charge in [-0.2, -0.15) is 12.0 Å². The van der Waals surface area contributed by atoms with Gasteiger partial charge in [-0.25, -0.2) is 4.98 Å². The summed E-state index contributed by atoms with van der Waals surface area (Å²) in [7, 11) is 6.55. The van der Waals surface area contributed by atoms with Crippen molar-refractivity contribution < 1.29 is 70.3 Å². The minimum Gasteiger partial charge on any atom is -0.662 e. The van der Waals surface area contributed by atoms with Gasteiger partial charge in [-0.05, 0) is 37.5 Å². The summed E-state index contributed by atoms with van der Waals surface area (Å²) in [5, 5.41) is 7.15. The topological polar surface area (TPSA) is 92.1 Å². The maximum Gasteiger partial charge on any atom is 1.00 e. The fraction of sp³-hybridized carbons (Fsp3) is 0.407. The molecule has 2 heterocycles. The number of benzene rings is 2. The first-order valence-electron chi connectivity index (χ1n) is 12.1. The summed E-state index contributed by atoms with van der Waals surface area (Å²) < 4.78 is 21.5. The predicted molar refractivity (Wildman–Crippen MR) is 144 cm³/mol. The zero-order chi connectivity index (χ0) is 25.6. The molecular weight excluding hydrogens is 497 g/mol. The van der Waals surface area contributed by atoms with Crippen LogP contribution in [0.25, 0.3) is 5.32 Å². The number of para-hydroxylation sites is 1. The smallest absolute Gasteiger partial charge is 0.662 e. The SMILES string of the molecule is COc1cc(Nc2nccc(N3CCCCC3)n2)cc(OC)c1OC.C[N-]CCOc1ccccc1.[K+]. The quantitative estimate of drug-likeness (QED) is 0.314. The molecule has 194 valence electrons.